The molecule has 0 spiro atoms. The van der Waals surface area contributed by atoms with Crippen molar-refractivity contribution in [1.82, 2.24) is 5.32 Å². The molecular weight excluding hydrogens is 277 g/mol. The molecule has 1 unspecified atom stereocenters. The van der Waals surface area contributed by atoms with Crippen molar-refractivity contribution >= 4 is 17.4 Å². The Hall–Kier alpha value is -0.930. The minimum Gasteiger partial charge on any atom is -0.316 e. The van der Waals surface area contributed by atoms with Gasteiger partial charge in [-0.3, -0.25) is 4.79 Å². The van der Waals surface area contributed by atoms with E-state index in [1.165, 1.54) is 12.1 Å². The average molecular weight is 298 g/mol. The molecule has 0 saturated carbocycles. The number of rotatable bonds is 4. The van der Waals surface area contributed by atoms with E-state index in [4.69, 9.17) is 11.6 Å². The Morgan fingerprint density at radius 2 is 2.25 bits per heavy atom. The number of piperidine rings is 1. The van der Waals surface area contributed by atoms with Gasteiger partial charge in [-0.05, 0) is 49.5 Å². The number of carbonyl (C=O) groups is 1. The Morgan fingerprint density at radius 3 is 2.85 bits per heavy atom. The van der Waals surface area contributed by atoms with Gasteiger partial charge in [-0.1, -0.05) is 31.5 Å². The van der Waals surface area contributed by atoms with Crippen LogP contribution in [0.25, 0.3) is 0 Å². The lowest BCUT2D eigenvalue weighted by atomic mass is 9.71. The summed E-state index contributed by atoms with van der Waals surface area (Å²) < 4.78 is 13.0. The van der Waals surface area contributed by atoms with Gasteiger partial charge in [0.2, 0.25) is 0 Å². The number of nitrogens with one attached hydrogen (secondary N) is 1. The third-order valence-electron chi connectivity index (χ3n) is 4.40. The second kappa shape index (κ2) is 6.23. The highest BCUT2D eigenvalue weighted by Crippen LogP contribution is 2.34. The van der Waals surface area contributed by atoms with E-state index in [1.54, 1.807) is 6.07 Å². The van der Waals surface area contributed by atoms with E-state index in [0.29, 0.717) is 16.5 Å². The maximum atomic E-state index is 13.0. The Morgan fingerprint density at radius 1 is 1.50 bits per heavy atom. The fourth-order valence-electron chi connectivity index (χ4n) is 2.76. The van der Waals surface area contributed by atoms with Crippen LogP contribution >= 0.6 is 11.6 Å². The van der Waals surface area contributed by atoms with Crippen LogP contribution in [0.3, 0.4) is 0 Å². The second-order valence-corrected chi connectivity index (χ2v) is 6.51. The van der Waals surface area contributed by atoms with Crippen LogP contribution in [0.5, 0.6) is 0 Å². The van der Waals surface area contributed by atoms with Crippen LogP contribution in [0, 0.1) is 17.2 Å². The number of ketones is 1. The van der Waals surface area contributed by atoms with E-state index in [0.717, 1.165) is 25.9 Å². The quantitative estimate of drug-likeness (QED) is 0.920. The maximum absolute atomic E-state index is 13.0. The SMILES string of the molecule is CC(C)(C(=O)Cc1ccc(F)cc1Cl)C1CCCNC1. The molecule has 110 valence electrons. The van der Waals surface area contributed by atoms with Crippen LogP contribution < -0.4 is 5.32 Å². The molecule has 1 atom stereocenters. The number of hydrogen-bond donors (Lipinski definition) is 1. The Kier molecular flexibility index (Phi) is 4.82. The van der Waals surface area contributed by atoms with Gasteiger partial charge in [0.25, 0.3) is 0 Å². The van der Waals surface area contributed by atoms with E-state index in [-0.39, 0.29) is 23.4 Å². The van der Waals surface area contributed by atoms with Crippen molar-refractivity contribution < 1.29 is 9.18 Å². The van der Waals surface area contributed by atoms with E-state index < -0.39 is 0 Å². The molecule has 0 amide bonds. The maximum Gasteiger partial charge on any atom is 0.143 e. The van der Waals surface area contributed by atoms with Crippen molar-refractivity contribution in [2.45, 2.75) is 33.1 Å². The van der Waals surface area contributed by atoms with E-state index in [2.05, 4.69) is 5.32 Å². The summed E-state index contributed by atoms with van der Waals surface area (Å²) in [6.45, 7) is 5.93. The Labute approximate surface area is 124 Å². The molecule has 1 aromatic rings. The zero-order valence-electron chi connectivity index (χ0n) is 12.0. The fraction of sp³-hybridized carbons (Fsp3) is 0.562. The minimum absolute atomic E-state index is 0.166. The van der Waals surface area contributed by atoms with Gasteiger partial charge in [0.15, 0.2) is 0 Å². The van der Waals surface area contributed by atoms with Gasteiger partial charge in [-0.25, -0.2) is 4.39 Å². The first-order valence-electron chi connectivity index (χ1n) is 7.09. The zero-order valence-corrected chi connectivity index (χ0v) is 12.8. The van der Waals surface area contributed by atoms with Crippen molar-refractivity contribution in [3.05, 3.63) is 34.6 Å². The van der Waals surface area contributed by atoms with Crippen LogP contribution in [0.1, 0.15) is 32.3 Å². The monoisotopic (exact) mass is 297 g/mol. The first-order valence-corrected chi connectivity index (χ1v) is 7.47. The van der Waals surface area contributed by atoms with Crippen LogP contribution in [0.2, 0.25) is 5.02 Å². The van der Waals surface area contributed by atoms with Crippen LogP contribution in [-0.2, 0) is 11.2 Å². The molecule has 2 rings (SSSR count). The van der Waals surface area contributed by atoms with Gasteiger partial charge in [0, 0.05) is 16.9 Å². The molecule has 1 heterocycles. The van der Waals surface area contributed by atoms with E-state index in [1.807, 2.05) is 13.8 Å². The van der Waals surface area contributed by atoms with Gasteiger partial charge in [-0.2, -0.15) is 0 Å². The third-order valence-corrected chi connectivity index (χ3v) is 4.75. The van der Waals surface area contributed by atoms with E-state index >= 15 is 0 Å². The summed E-state index contributed by atoms with van der Waals surface area (Å²) in [5, 5.41) is 3.68. The van der Waals surface area contributed by atoms with Crippen molar-refractivity contribution in [3.8, 4) is 0 Å². The number of hydrogen-bond acceptors (Lipinski definition) is 2. The number of Topliss-reactive ketones (excluding diaryl/α,β-unsaturated/α-hetero) is 1. The van der Waals surface area contributed by atoms with Crippen LogP contribution in [-0.4, -0.2) is 18.9 Å². The molecule has 4 heteroatoms. The number of benzene rings is 1. The molecule has 1 fully saturated rings. The summed E-state index contributed by atoms with van der Waals surface area (Å²) in [6, 6.07) is 4.22. The summed E-state index contributed by atoms with van der Waals surface area (Å²) >= 11 is 6.00. The van der Waals surface area contributed by atoms with Crippen LogP contribution in [0.4, 0.5) is 4.39 Å². The van der Waals surface area contributed by atoms with Gasteiger partial charge in [0.05, 0.1) is 0 Å². The van der Waals surface area contributed by atoms with Gasteiger partial charge >= 0.3 is 0 Å². The highest BCUT2D eigenvalue weighted by Gasteiger charge is 2.36. The fourth-order valence-corrected chi connectivity index (χ4v) is 3.00. The van der Waals surface area contributed by atoms with Crippen molar-refractivity contribution in [2.24, 2.45) is 11.3 Å². The lowest BCUT2D eigenvalue weighted by Gasteiger charge is -2.36. The minimum atomic E-state index is -0.384. The largest absolute Gasteiger partial charge is 0.316 e. The molecular formula is C16H21ClFNO. The number of halogens is 2. The molecule has 1 saturated heterocycles. The van der Waals surface area contributed by atoms with Crippen molar-refractivity contribution in [1.29, 1.82) is 0 Å². The van der Waals surface area contributed by atoms with Crippen molar-refractivity contribution in [2.75, 3.05) is 13.1 Å². The molecule has 20 heavy (non-hydrogen) atoms. The average Bonchev–Trinajstić information content (AvgIpc) is 2.42. The van der Waals surface area contributed by atoms with Crippen molar-refractivity contribution in [3.63, 3.8) is 0 Å². The molecule has 0 aromatic heterocycles. The third kappa shape index (κ3) is 3.39. The molecule has 0 radical (unpaired) electrons. The molecule has 0 bridgehead atoms. The molecule has 1 N–H and O–H groups in total. The Bertz CT molecular complexity index is 495. The second-order valence-electron chi connectivity index (χ2n) is 6.10. The summed E-state index contributed by atoms with van der Waals surface area (Å²) in [7, 11) is 0. The van der Waals surface area contributed by atoms with Gasteiger partial charge in [0.1, 0.15) is 11.6 Å². The highest BCUT2D eigenvalue weighted by molar-refractivity contribution is 6.31. The number of carbonyl (C=O) groups excluding carboxylic acids is 1. The van der Waals surface area contributed by atoms with Gasteiger partial charge in [-0.15, -0.1) is 0 Å². The first kappa shape index (κ1) is 15.5. The highest BCUT2D eigenvalue weighted by atomic mass is 35.5. The summed E-state index contributed by atoms with van der Waals surface area (Å²) in [5.74, 6) is 0.143. The molecule has 1 aliphatic rings. The van der Waals surface area contributed by atoms with Crippen LogP contribution in [0.15, 0.2) is 18.2 Å². The predicted octanol–water partition coefficient (Wildman–Crippen LogP) is 3.62. The summed E-state index contributed by atoms with van der Waals surface area (Å²) in [4.78, 5) is 12.6. The molecule has 2 nitrogen and oxygen atoms in total. The Balaban J connectivity index is 2.09. The smallest absolute Gasteiger partial charge is 0.143 e. The zero-order chi connectivity index (χ0) is 14.8. The standard InChI is InChI=1S/C16H21ClFNO/c1-16(2,12-4-3-7-19-10-12)15(20)8-11-5-6-13(18)9-14(11)17/h5-6,9,12,19H,3-4,7-8,10H2,1-2H3. The topological polar surface area (TPSA) is 29.1 Å². The molecule has 1 aliphatic heterocycles. The molecule has 1 aromatic carbocycles. The lowest BCUT2D eigenvalue weighted by Crippen LogP contribution is -2.43. The van der Waals surface area contributed by atoms with E-state index in [9.17, 15) is 9.18 Å². The summed E-state index contributed by atoms with van der Waals surface area (Å²) in [6.07, 6.45) is 2.45. The normalized spacial score (nSPS) is 19.9. The lowest BCUT2D eigenvalue weighted by molar-refractivity contribution is -0.129. The molecule has 0 aliphatic carbocycles. The first-order chi connectivity index (χ1) is 9.41. The summed E-state index contributed by atoms with van der Waals surface area (Å²) in [5.41, 5.74) is 0.320. The predicted molar refractivity (Wildman–Crippen MR) is 79.5 cm³/mol. The van der Waals surface area contributed by atoms with Gasteiger partial charge < -0.3 is 5.32 Å².